The molecule has 2 N–H and O–H groups in total. The standard InChI is InChI=1S/C15H16ClN3O2/c1-9-8-10(4-6-12(9)21-3)18-15(20)14-11(16)5-7-13(17-2)19-14/h4-8H,1-3H3,(H,17,19)(H,18,20). The number of hydrogen-bond donors (Lipinski definition) is 2. The van der Waals surface area contributed by atoms with E-state index in [0.717, 1.165) is 11.3 Å². The summed E-state index contributed by atoms with van der Waals surface area (Å²) < 4.78 is 5.18. The Morgan fingerprint density at radius 2 is 2.05 bits per heavy atom. The predicted molar refractivity (Wildman–Crippen MR) is 84.5 cm³/mol. The molecule has 0 unspecified atom stereocenters. The highest BCUT2D eigenvalue weighted by Crippen LogP contribution is 2.23. The van der Waals surface area contributed by atoms with Crippen LogP contribution in [0.4, 0.5) is 11.5 Å². The second-order valence-electron chi connectivity index (χ2n) is 4.42. The van der Waals surface area contributed by atoms with Crippen LogP contribution in [0.3, 0.4) is 0 Å². The summed E-state index contributed by atoms with van der Waals surface area (Å²) in [6.45, 7) is 1.90. The molecule has 0 aliphatic carbocycles. The molecule has 0 atom stereocenters. The lowest BCUT2D eigenvalue weighted by atomic mass is 10.2. The van der Waals surface area contributed by atoms with Gasteiger partial charge in [-0.15, -0.1) is 0 Å². The van der Waals surface area contributed by atoms with Gasteiger partial charge < -0.3 is 15.4 Å². The first-order chi connectivity index (χ1) is 10.0. The summed E-state index contributed by atoms with van der Waals surface area (Å²) in [6, 6.07) is 8.72. The zero-order chi connectivity index (χ0) is 15.4. The molecule has 0 saturated carbocycles. The maximum absolute atomic E-state index is 12.3. The molecule has 0 spiro atoms. The largest absolute Gasteiger partial charge is 0.496 e. The summed E-state index contributed by atoms with van der Waals surface area (Å²) in [6.07, 6.45) is 0. The average molecular weight is 306 g/mol. The van der Waals surface area contributed by atoms with Gasteiger partial charge in [-0.1, -0.05) is 11.6 Å². The molecule has 0 fully saturated rings. The highest BCUT2D eigenvalue weighted by molar-refractivity contribution is 6.34. The van der Waals surface area contributed by atoms with E-state index in [2.05, 4.69) is 15.6 Å². The van der Waals surface area contributed by atoms with Gasteiger partial charge in [-0.2, -0.15) is 0 Å². The number of anilines is 2. The molecule has 0 radical (unpaired) electrons. The van der Waals surface area contributed by atoms with Crippen LogP contribution in [0.5, 0.6) is 5.75 Å². The van der Waals surface area contributed by atoms with Crippen molar-refractivity contribution in [1.29, 1.82) is 0 Å². The number of amides is 1. The number of carbonyl (C=O) groups is 1. The number of methoxy groups -OCH3 is 1. The van der Waals surface area contributed by atoms with Gasteiger partial charge in [-0.05, 0) is 42.8 Å². The van der Waals surface area contributed by atoms with Crippen LogP contribution >= 0.6 is 11.6 Å². The van der Waals surface area contributed by atoms with Crippen molar-refractivity contribution in [2.24, 2.45) is 0 Å². The van der Waals surface area contributed by atoms with E-state index >= 15 is 0 Å². The van der Waals surface area contributed by atoms with Gasteiger partial charge in [-0.25, -0.2) is 4.98 Å². The van der Waals surface area contributed by atoms with E-state index in [1.165, 1.54) is 0 Å². The van der Waals surface area contributed by atoms with Gasteiger partial charge in [0.15, 0.2) is 0 Å². The second kappa shape index (κ2) is 6.45. The minimum atomic E-state index is -0.360. The molecule has 0 bridgehead atoms. The van der Waals surface area contributed by atoms with Crippen LogP contribution in [0, 0.1) is 6.92 Å². The van der Waals surface area contributed by atoms with Crippen molar-refractivity contribution in [3.05, 3.63) is 46.6 Å². The number of halogens is 1. The molecule has 1 aromatic carbocycles. The van der Waals surface area contributed by atoms with Gasteiger partial charge in [0, 0.05) is 12.7 Å². The Morgan fingerprint density at radius 1 is 1.29 bits per heavy atom. The molecule has 6 heteroatoms. The highest BCUT2D eigenvalue weighted by atomic mass is 35.5. The molecular formula is C15H16ClN3O2. The van der Waals surface area contributed by atoms with Crippen molar-refractivity contribution in [1.82, 2.24) is 4.98 Å². The highest BCUT2D eigenvalue weighted by Gasteiger charge is 2.13. The van der Waals surface area contributed by atoms with Crippen molar-refractivity contribution in [3.63, 3.8) is 0 Å². The number of nitrogens with one attached hydrogen (secondary N) is 2. The first kappa shape index (κ1) is 15.1. The maximum atomic E-state index is 12.3. The van der Waals surface area contributed by atoms with Gasteiger partial charge in [0.2, 0.25) is 0 Å². The Balaban J connectivity index is 2.23. The summed E-state index contributed by atoms with van der Waals surface area (Å²) in [5.41, 5.74) is 1.77. The quantitative estimate of drug-likeness (QED) is 0.909. The Kier molecular flexibility index (Phi) is 4.65. The number of pyridine rings is 1. The van der Waals surface area contributed by atoms with E-state index < -0.39 is 0 Å². The number of benzene rings is 1. The molecule has 110 valence electrons. The van der Waals surface area contributed by atoms with Crippen molar-refractivity contribution >= 4 is 29.0 Å². The molecular weight excluding hydrogens is 290 g/mol. The van der Waals surface area contributed by atoms with E-state index in [4.69, 9.17) is 16.3 Å². The minimum Gasteiger partial charge on any atom is -0.496 e. The van der Waals surface area contributed by atoms with Gasteiger partial charge in [0.1, 0.15) is 17.3 Å². The van der Waals surface area contributed by atoms with Crippen molar-refractivity contribution in [3.8, 4) is 5.75 Å². The van der Waals surface area contributed by atoms with E-state index in [0.29, 0.717) is 16.5 Å². The molecule has 21 heavy (non-hydrogen) atoms. The lowest BCUT2D eigenvalue weighted by molar-refractivity contribution is 0.102. The number of nitrogens with zero attached hydrogens (tertiary/aromatic N) is 1. The molecule has 0 aliphatic rings. The zero-order valence-electron chi connectivity index (χ0n) is 12.0. The molecule has 0 aliphatic heterocycles. The fraction of sp³-hybridized carbons (Fsp3) is 0.200. The Morgan fingerprint density at radius 3 is 2.67 bits per heavy atom. The van der Waals surface area contributed by atoms with Crippen LogP contribution in [0.1, 0.15) is 16.1 Å². The topological polar surface area (TPSA) is 63.2 Å². The van der Waals surface area contributed by atoms with Crippen LogP contribution < -0.4 is 15.4 Å². The zero-order valence-corrected chi connectivity index (χ0v) is 12.8. The number of hydrogen-bond acceptors (Lipinski definition) is 4. The van der Waals surface area contributed by atoms with Gasteiger partial charge in [0.05, 0.1) is 12.1 Å². The van der Waals surface area contributed by atoms with Crippen LogP contribution in [-0.2, 0) is 0 Å². The Hall–Kier alpha value is -2.27. The first-order valence-electron chi connectivity index (χ1n) is 6.35. The molecule has 2 rings (SSSR count). The average Bonchev–Trinajstić information content (AvgIpc) is 2.48. The lowest BCUT2D eigenvalue weighted by Gasteiger charge is -2.10. The Bertz CT molecular complexity index is 674. The summed E-state index contributed by atoms with van der Waals surface area (Å²) in [5.74, 6) is 0.985. The molecule has 2 aromatic rings. The summed E-state index contributed by atoms with van der Waals surface area (Å²) in [7, 11) is 3.33. The fourth-order valence-corrected chi connectivity index (χ4v) is 2.08. The number of aryl methyl sites for hydroxylation is 1. The minimum absolute atomic E-state index is 0.178. The lowest BCUT2D eigenvalue weighted by Crippen LogP contribution is -2.15. The van der Waals surface area contributed by atoms with Crippen molar-refractivity contribution < 1.29 is 9.53 Å². The monoisotopic (exact) mass is 305 g/mol. The van der Waals surface area contributed by atoms with E-state index in [-0.39, 0.29) is 11.6 Å². The predicted octanol–water partition coefficient (Wildman–Crippen LogP) is 3.35. The van der Waals surface area contributed by atoms with Gasteiger partial charge >= 0.3 is 0 Å². The van der Waals surface area contributed by atoms with Gasteiger partial charge in [-0.3, -0.25) is 4.79 Å². The van der Waals surface area contributed by atoms with Crippen LogP contribution in [0.25, 0.3) is 0 Å². The number of carbonyl (C=O) groups excluding carboxylic acids is 1. The van der Waals surface area contributed by atoms with Crippen molar-refractivity contribution in [2.45, 2.75) is 6.92 Å². The third-order valence-corrected chi connectivity index (χ3v) is 3.27. The van der Waals surface area contributed by atoms with Crippen molar-refractivity contribution in [2.75, 3.05) is 24.8 Å². The van der Waals surface area contributed by atoms with E-state index in [1.54, 1.807) is 38.4 Å². The molecule has 1 aromatic heterocycles. The normalized spacial score (nSPS) is 10.1. The van der Waals surface area contributed by atoms with Crippen LogP contribution in [0.15, 0.2) is 30.3 Å². The van der Waals surface area contributed by atoms with E-state index in [9.17, 15) is 4.79 Å². The molecule has 0 saturated heterocycles. The number of aromatic nitrogens is 1. The van der Waals surface area contributed by atoms with E-state index in [1.807, 2.05) is 13.0 Å². The fourth-order valence-electron chi connectivity index (χ4n) is 1.89. The summed E-state index contributed by atoms with van der Waals surface area (Å²) in [4.78, 5) is 16.4. The number of ether oxygens (including phenoxy) is 1. The third-order valence-electron chi connectivity index (χ3n) is 2.97. The molecule has 5 nitrogen and oxygen atoms in total. The van der Waals surface area contributed by atoms with Crippen LogP contribution in [-0.4, -0.2) is 25.0 Å². The van der Waals surface area contributed by atoms with Gasteiger partial charge in [0.25, 0.3) is 5.91 Å². The second-order valence-corrected chi connectivity index (χ2v) is 4.82. The maximum Gasteiger partial charge on any atom is 0.275 e. The first-order valence-corrected chi connectivity index (χ1v) is 6.73. The SMILES string of the molecule is CNc1ccc(Cl)c(C(=O)Nc2ccc(OC)c(C)c2)n1. The summed E-state index contributed by atoms with van der Waals surface area (Å²) in [5, 5.41) is 5.95. The Labute approximate surface area is 128 Å². The number of rotatable bonds is 4. The smallest absolute Gasteiger partial charge is 0.275 e. The summed E-state index contributed by atoms with van der Waals surface area (Å²) >= 11 is 6.02. The van der Waals surface area contributed by atoms with Crippen LogP contribution in [0.2, 0.25) is 5.02 Å². The third kappa shape index (κ3) is 3.44. The molecule has 1 heterocycles. The molecule has 1 amide bonds.